The molecule has 1 fully saturated rings. The van der Waals surface area contributed by atoms with Gasteiger partial charge in [0.15, 0.2) is 5.69 Å². The van der Waals surface area contributed by atoms with E-state index in [2.05, 4.69) is 36.7 Å². The van der Waals surface area contributed by atoms with Crippen molar-refractivity contribution in [2.24, 2.45) is 5.92 Å². The fourth-order valence-electron chi connectivity index (χ4n) is 3.12. The number of rotatable bonds is 4. The van der Waals surface area contributed by atoms with Gasteiger partial charge in [0.1, 0.15) is 11.5 Å². The van der Waals surface area contributed by atoms with Crippen LogP contribution in [0.2, 0.25) is 0 Å². The molecule has 0 amide bonds. The molecule has 0 radical (unpaired) electrons. The first-order chi connectivity index (χ1) is 12.6. The van der Waals surface area contributed by atoms with E-state index in [-0.39, 0.29) is 10.3 Å². The maximum absolute atomic E-state index is 13.5. The zero-order valence-electron chi connectivity index (χ0n) is 13.6. The summed E-state index contributed by atoms with van der Waals surface area (Å²) in [6.07, 6.45) is 2.74. The average molecular weight is 424 g/mol. The summed E-state index contributed by atoms with van der Waals surface area (Å²) < 4.78 is 24.7. The smallest absolute Gasteiger partial charge is 0.317 e. The summed E-state index contributed by atoms with van der Waals surface area (Å²) in [6.45, 7) is 1.92. The zero-order chi connectivity index (χ0) is 18.1. The van der Waals surface area contributed by atoms with Crippen molar-refractivity contribution in [2.75, 3.05) is 13.1 Å². The van der Waals surface area contributed by atoms with Crippen molar-refractivity contribution < 1.29 is 13.5 Å². The fraction of sp³-hybridized carbons (Fsp3) is 0.375. The Hall–Kier alpha value is -2.33. The highest BCUT2D eigenvalue weighted by molar-refractivity contribution is 9.10. The summed E-state index contributed by atoms with van der Waals surface area (Å²) in [7, 11) is 0. The summed E-state index contributed by atoms with van der Waals surface area (Å²) in [4.78, 5) is 12.2. The Morgan fingerprint density at radius 3 is 2.85 bits per heavy atom. The van der Waals surface area contributed by atoms with Crippen molar-refractivity contribution in [1.29, 1.82) is 0 Å². The SMILES string of the molecule is O=c1onc(-c2nonc2CC2CCNCC2)n1-c1ccc(F)c(Br)c1. The largest absolute Gasteiger partial charge is 0.446 e. The van der Waals surface area contributed by atoms with Gasteiger partial charge in [0.05, 0.1) is 10.2 Å². The second kappa shape index (κ2) is 7.12. The number of benzene rings is 1. The van der Waals surface area contributed by atoms with E-state index in [0.29, 0.717) is 29.4 Å². The van der Waals surface area contributed by atoms with E-state index in [1.54, 1.807) is 0 Å². The molecule has 0 aliphatic carbocycles. The molecule has 2 aromatic heterocycles. The van der Waals surface area contributed by atoms with Crippen LogP contribution in [0.25, 0.3) is 17.2 Å². The van der Waals surface area contributed by atoms with E-state index < -0.39 is 11.6 Å². The summed E-state index contributed by atoms with van der Waals surface area (Å²) in [6, 6.07) is 4.18. The molecule has 8 nitrogen and oxygen atoms in total. The third-order valence-corrected chi connectivity index (χ3v) is 5.08. The number of nitrogens with zero attached hydrogens (tertiary/aromatic N) is 4. The average Bonchev–Trinajstić information content (AvgIpc) is 3.24. The standard InChI is InChI=1S/C16H15BrFN5O3/c17-11-8-10(1-2-12(11)18)23-15(22-25-16(23)24)14-13(20-26-21-14)7-9-3-5-19-6-4-9/h1-2,8-9,19H,3-7H2. The van der Waals surface area contributed by atoms with Crippen molar-refractivity contribution >= 4 is 15.9 Å². The lowest BCUT2D eigenvalue weighted by molar-refractivity contribution is 0.297. The van der Waals surface area contributed by atoms with Crippen LogP contribution in [-0.4, -0.2) is 33.1 Å². The normalized spacial score (nSPS) is 15.5. The Kier molecular flexibility index (Phi) is 4.68. The van der Waals surface area contributed by atoms with Gasteiger partial charge < -0.3 is 5.32 Å². The highest BCUT2D eigenvalue weighted by atomic mass is 79.9. The lowest BCUT2D eigenvalue weighted by Crippen LogP contribution is -2.28. The van der Waals surface area contributed by atoms with Gasteiger partial charge in [0.2, 0.25) is 5.82 Å². The number of piperidine rings is 1. The van der Waals surface area contributed by atoms with Gasteiger partial charge in [-0.1, -0.05) is 10.3 Å². The van der Waals surface area contributed by atoms with E-state index in [1.807, 2.05) is 0 Å². The van der Waals surface area contributed by atoms with E-state index in [9.17, 15) is 9.18 Å². The maximum Gasteiger partial charge on any atom is 0.446 e. The molecule has 1 saturated heterocycles. The van der Waals surface area contributed by atoms with Gasteiger partial charge in [-0.25, -0.2) is 18.4 Å². The monoisotopic (exact) mass is 423 g/mol. The van der Waals surface area contributed by atoms with Gasteiger partial charge in [0, 0.05) is 0 Å². The molecule has 10 heteroatoms. The Bertz CT molecular complexity index is 976. The van der Waals surface area contributed by atoms with Gasteiger partial charge >= 0.3 is 5.76 Å². The van der Waals surface area contributed by atoms with E-state index >= 15 is 0 Å². The van der Waals surface area contributed by atoms with Crippen LogP contribution in [-0.2, 0) is 6.42 Å². The molecule has 1 aromatic carbocycles. The van der Waals surface area contributed by atoms with Crippen LogP contribution in [0.1, 0.15) is 18.5 Å². The molecular weight excluding hydrogens is 409 g/mol. The fourth-order valence-corrected chi connectivity index (χ4v) is 3.49. The molecule has 0 spiro atoms. The predicted octanol–water partition coefficient (Wildman–Crippen LogP) is 2.32. The first kappa shape index (κ1) is 17.1. The van der Waals surface area contributed by atoms with Crippen molar-refractivity contribution in [3.8, 4) is 17.2 Å². The zero-order valence-corrected chi connectivity index (χ0v) is 15.2. The lowest BCUT2D eigenvalue weighted by Gasteiger charge is -2.21. The predicted molar refractivity (Wildman–Crippen MR) is 92.3 cm³/mol. The Labute approximate surface area is 155 Å². The van der Waals surface area contributed by atoms with Crippen molar-refractivity contribution in [3.05, 3.63) is 44.7 Å². The van der Waals surface area contributed by atoms with Crippen LogP contribution in [0, 0.1) is 11.7 Å². The van der Waals surface area contributed by atoms with E-state index in [0.717, 1.165) is 25.9 Å². The highest BCUT2D eigenvalue weighted by Crippen LogP contribution is 2.26. The Morgan fingerprint density at radius 2 is 2.08 bits per heavy atom. The minimum atomic E-state index is -0.700. The number of halogens is 2. The molecule has 3 heterocycles. The first-order valence-electron chi connectivity index (χ1n) is 8.20. The molecule has 3 aromatic rings. The minimum Gasteiger partial charge on any atom is -0.317 e. The molecule has 0 bridgehead atoms. The second-order valence-electron chi connectivity index (χ2n) is 6.16. The highest BCUT2D eigenvalue weighted by Gasteiger charge is 2.25. The van der Waals surface area contributed by atoms with Gasteiger partial charge in [-0.05, 0) is 77.6 Å². The first-order valence-corrected chi connectivity index (χ1v) is 8.99. The van der Waals surface area contributed by atoms with Crippen LogP contribution >= 0.6 is 15.9 Å². The van der Waals surface area contributed by atoms with Crippen LogP contribution in [0.5, 0.6) is 0 Å². The van der Waals surface area contributed by atoms with Crippen LogP contribution in [0.15, 0.2) is 36.6 Å². The van der Waals surface area contributed by atoms with Crippen molar-refractivity contribution in [1.82, 2.24) is 25.4 Å². The number of hydrogen-bond donors (Lipinski definition) is 1. The summed E-state index contributed by atoms with van der Waals surface area (Å²) >= 11 is 3.12. The third-order valence-electron chi connectivity index (χ3n) is 4.47. The molecule has 0 atom stereocenters. The van der Waals surface area contributed by atoms with Gasteiger partial charge in [0.25, 0.3) is 0 Å². The van der Waals surface area contributed by atoms with Crippen LogP contribution in [0.3, 0.4) is 0 Å². The second-order valence-corrected chi connectivity index (χ2v) is 7.02. The molecule has 1 aliphatic rings. The molecular formula is C16H15BrFN5O3. The number of nitrogens with one attached hydrogen (secondary N) is 1. The Balaban J connectivity index is 1.72. The lowest BCUT2D eigenvalue weighted by atomic mass is 9.92. The summed E-state index contributed by atoms with van der Waals surface area (Å²) in [5, 5.41) is 15.1. The third kappa shape index (κ3) is 3.21. The quantitative estimate of drug-likeness (QED) is 0.686. The van der Waals surface area contributed by atoms with Gasteiger partial charge in [-0.3, -0.25) is 4.52 Å². The molecule has 1 aliphatic heterocycles. The van der Waals surface area contributed by atoms with Gasteiger partial charge in [-0.15, -0.1) is 0 Å². The van der Waals surface area contributed by atoms with Crippen molar-refractivity contribution in [3.63, 3.8) is 0 Å². The minimum absolute atomic E-state index is 0.179. The molecule has 0 saturated carbocycles. The number of hydrogen-bond acceptors (Lipinski definition) is 7. The van der Waals surface area contributed by atoms with Crippen LogP contribution < -0.4 is 11.1 Å². The molecule has 0 unspecified atom stereocenters. The molecule has 4 rings (SSSR count). The molecule has 26 heavy (non-hydrogen) atoms. The molecule has 136 valence electrons. The van der Waals surface area contributed by atoms with E-state index in [4.69, 9.17) is 9.15 Å². The summed E-state index contributed by atoms with van der Waals surface area (Å²) in [5.41, 5.74) is 1.38. The van der Waals surface area contributed by atoms with Gasteiger partial charge in [-0.2, -0.15) is 0 Å². The van der Waals surface area contributed by atoms with Crippen molar-refractivity contribution in [2.45, 2.75) is 19.3 Å². The van der Waals surface area contributed by atoms with Crippen LogP contribution in [0.4, 0.5) is 4.39 Å². The number of aromatic nitrogens is 4. The Morgan fingerprint density at radius 1 is 1.27 bits per heavy atom. The maximum atomic E-state index is 13.5. The summed E-state index contributed by atoms with van der Waals surface area (Å²) in [5.74, 6) is -0.503. The van der Waals surface area contributed by atoms with E-state index in [1.165, 1.54) is 22.8 Å². The topological polar surface area (TPSA) is 99.0 Å². The molecule has 1 N–H and O–H groups in total.